The fourth-order valence-corrected chi connectivity index (χ4v) is 1.72. The number of carbonyl (C=O) groups is 1. The Morgan fingerprint density at radius 3 is 2.65 bits per heavy atom. The zero-order chi connectivity index (χ0) is 12.3. The van der Waals surface area contributed by atoms with Crippen LogP contribution in [-0.4, -0.2) is 11.0 Å². The smallest absolute Gasteiger partial charge is 0.358 e. The molecule has 17 heavy (non-hydrogen) atoms. The quantitative estimate of drug-likeness (QED) is 0.792. The van der Waals surface area contributed by atoms with Crippen LogP contribution in [0.3, 0.4) is 0 Å². The first kappa shape index (κ1) is 11.7. The van der Waals surface area contributed by atoms with E-state index >= 15 is 0 Å². The highest BCUT2D eigenvalue weighted by Gasteiger charge is 2.13. The average Bonchev–Trinajstić information content (AvgIpc) is 2.81. The number of benzene rings is 1. The Morgan fingerprint density at radius 2 is 2.06 bits per heavy atom. The van der Waals surface area contributed by atoms with E-state index in [1.165, 1.54) is 28.3 Å². The number of esters is 1. The molecule has 0 saturated carbocycles. The summed E-state index contributed by atoms with van der Waals surface area (Å²) in [4.78, 5) is 15.1. The highest BCUT2D eigenvalue weighted by Crippen LogP contribution is 2.14. The Hall–Kier alpha value is -1.82. The predicted octanol–water partition coefficient (Wildman–Crippen LogP) is 2.78. The summed E-state index contributed by atoms with van der Waals surface area (Å²) in [6.45, 7) is -0.450. The summed E-state index contributed by atoms with van der Waals surface area (Å²) in [6.07, 6.45) is 0. The van der Waals surface area contributed by atoms with Gasteiger partial charge in [-0.1, -0.05) is 6.07 Å². The summed E-state index contributed by atoms with van der Waals surface area (Å²) in [5.41, 5.74) is 1.34. The van der Waals surface area contributed by atoms with Crippen LogP contribution in [0.25, 0.3) is 0 Å². The lowest BCUT2D eigenvalue weighted by Crippen LogP contribution is -2.07. The molecule has 0 N–H and O–H groups in total. The lowest BCUT2D eigenvalue weighted by Gasteiger charge is -2.05. The van der Waals surface area contributed by atoms with Gasteiger partial charge in [0.05, 0.1) is 11.1 Å². The monoisotopic (exact) mass is 255 g/mol. The highest BCUT2D eigenvalue weighted by atomic mass is 32.1. The van der Waals surface area contributed by atoms with Crippen LogP contribution in [0.15, 0.2) is 29.1 Å². The largest absolute Gasteiger partial charge is 0.456 e. The van der Waals surface area contributed by atoms with Crippen molar-refractivity contribution in [1.29, 1.82) is 0 Å². The molecule has 0 amide bonds. The van der Waals surface area contributed by atoms with Crippen molar-refractivity contribution in [3.8, 4) is 0 Å². The van der Waals surface area contributed by atoms with Gasteiger partial charge in [0, 0.05) is 5.38 Å². The molecule has 2 aromatic rings. The van der Waals surface area contributed by atoms with Crippen LogP contribution in [0.5, 0.6) is 0 Å². The van der Waals surface area contributed by atoms with Crippen LogP contribution in [-0.2, 0) is 11.3 Å². The van der Waals surface area contributed by atoms with E-state index in [2.05, 4.69) is 4.98 Å². The van der Waals surface area contributed by atoms with Crippen molar-refractivity contribution in [3.05, 3.63) is 52.0 Å². The van der Waals surface area contributed by atoms with E-state index in [0.29, 0.717) is 0 Å². The zero-order valence-electron chi connectivity index (χ0n) is 8.52. The van der Waals surface area contributed by atoms with Crippen LogP contribution < -0.4 is 0 Å². The lowest BCUT2D eigenvalue weighted by atomic mass is 10.2. The molecule has 0 spiro atoms. The molecular weight excluding hydrogens is 248 g/mol. The highest BCUT2D eigenvalue weighted by molar-refractivity contribution is 7.07. The second-order valence-corrected chi connectivity index (χ2v) is 3.87. The van der Waals surface area contributed by atoms with E-state index in [0.717, 1.165) is 12.1 Å². The molecule has 0 bridgehead atoms. The van der Waals surface area contributed by atoms with E-state index < -0.39 is 24.2 Å². The number of hydrogen-bond donors (Lipinski definition) is 0. The third kappa shape index (κ3) is 2.65. The predicted molar refractivity (Wildman–Crippen MR) is 57.6 cm³/mol. The van der Waals surface area contributed by atoms with Crippen molar-refractivity contribution in [2.45, 2.75) is 6.61 Å². The average molecular weight is 255 g/mol. The van der Waals surface area contributed by atoms with E-state index in [9.17, 15) is 13.6 Å². The first-order chi connectivity index (χ1) is 8.18. The minimum atomic E-state index is -0.740. The fourth-order valence-electron chi connectivity index (χ4n) is 1.20. The maximum Gasteiger partial charge on any atom is 0.358 e. The molecule has 0 unspecified atom stereocenters. The number of carbonyl (C=O) groups excluding carboxylic acids is 1. The molecule has 0 aliphatic rings. The molecule has 3 nitrogen and oxygen atoms in total. The number of ether oxygens (including phenoxy) is 1. The summed E-state index contributed by atoms with van der Waals surface area (Å²) < 4.78 is 31.2. The Balaban J connectivity index is 2.06. The van der Waals surface area contributed by atoms with Crippen molar-refractivity contribution in [3.63, 3.8) is 0 Å². The zero-order valence-corrected chi connectivity index (χ0v) is 9.34. The third-order valence-corrected chi connectivity index (χ3v) is 2.64. The summed E-state index contributed by atoms with van der Waals surface area (Å²) in [7, 11) is 0. The molecule has 1 aromatic heterocycles. The second-order valence-electron chi connectivity index (χ2n) is 3.15. The Bertz CT molecular complexity index is 508. The van der Waals surface area contributed by atoms with Crippen LogP contribution in [0.4, 0.5) is 8.78 Å². The van der Waals surface area contributed by atoms with Crippen LogP contribution >= 0.6 is 11.3 Å². The molecule has 1 heterocycles. The molecule has 0 atom stereocenters. The number of aromatic nitrogens is 1. The molecule has 0 aliphatic heterocycles. The van der Waals surface area contributed by atoms with Gasteiger partial charge in [0.25, 0.3) is 0 Å². The van der Waals surface area contributed by atoms with Gasteiger partial charge in [-0.05, 0) is 12.1 Å². The fraction of sp³-hybridized carbons (Fsp3) is 0.0909. The molecule has 1 aromatic carbocycles. The maximum atomic E-state index is 13.2. The number of hydrogen-bond acceptors (Lipinski definition) is 4. The molecular formula is C11H7F2NO2S. The number of rotatable bonds is 3. The number of thiazole rings is 1. The van der Waals surface area contributed by atoms with Gasteiger partial charge in [-0.2, -0.15) is 0 Å². The van der Waals surface area contributed by atoms with Crippen LogP contribution in [0.2, 0.25) is 0 Å². The topological polar surface area (TPSA) is 39.2 Å². The van der Waals surface area contributed by atoms with E-state index in [1.54, 1.807) is 0 Å². The van der Waals surface area contributed by atoms with Crippen molar-refractivity contribution in [2.24, 2.45) is 0 Å². The van der Waals surface area contributed by atoms with Gasteiger partial charge in [-0.15, -0.1) is 11.3 Å². The first-order valence-corrected chi connectivity index (χ1v) is 5.61. The van der Waals surface area contributed by atoms with Gasteiger partial charge in [-0.25, -0.2) is 18.6 Å². The Kier molecular flexibility index (Phi) is 3.43. The minimum absolute atomic E-state index is 0.131. The molecule has 88 valence electrons. The molecule has 2 rings (SSSR count). The summed E-state index contributed by atoms with van der Waals surface area (Å²) in [5.74, 6) is -2.18. The van der Waals surface area contributed by atoms with Crippen LogP contribution in [0, 0.1) is 11.6 Å². The molecule has 0 fully saturated rings. The van der Waals surface area contributed by atoms with Crippen molar-refractivity contribution in [1.82, 2.24) is 4.98 Å². The maximum absolute atomic E-state index is 13.2. The van der Waals surface area contributed by atoms with Crippen molar-refractivity contribution < 1.29 is 18.3 Å². The molecule has 0 saturated heterocycles. The minimum Gasteiger partial charge on any atom is -0.456 e. The normalized spacial score (nSPS) is 10.2. The van der Waals surface area contributed by atoms with Gasteiger partial charge < -0.3 is 4.74 Å². The first-order valence-electron chi connectivity index (χ1n) is 4.66. The van der Waals surface area contributed by atoms with Crippen molar-refractivity contribution >= 4 is 17.3 Å². The summed E-state index contributed by atoms with van der Waals surface area (Å²) in [6, 6.07) is 3.46. The van der Waals surface area contributed by atoms with E-state index in [1.807, 2.05) is 0 Å². The number of halogens is 2. The molecule has 0 aliphatic carbocycles. The van der Waals surface area contributed by atoms with Gasteiger partial charge in [0.15, 0.2) is 5.69 Å². The second kappa shape index (κ2) is 5.01. The van der Waals surface area contributed by atoms with Crippen molar-refractivity contribution in [2.75, 3.05) is 0 Å². The standard InChI is InChI=1S/C11H7F2NO2S/c12-8-2-1-3-9(13)7(8)4-16-11(15)10-5-17-6-14-10/h1-3,5-6H,4H2. The SMILES string of the molecule is O=C(OCc1c(F)cccc1F)c1cscn1. The van der Waals surface area contributed by atoms with Gasteiger partial charge in [0.1, 0.15) is 18.2 Å². The van der Waals surface area contributed by atoms with Gasteiger partial charge >= 0.3 is 5.97 Å². The van der Waals surface area contributed by atoms with Crippen LogP contribution in [0.1, 0.15) is 16.1 Å². The summed E-state index contributed by atoms with van der Waals surface area (Å²) >= 11 is 1.24. The Morgan fingerprint density at radius 1 is 1.35 bits per heavy atom. The summed E-state index contributed by atoms with van der Waals surface area (Å²) in [5, 5.41) is 1.50. The third-order valence-electron chi connectivity index (χ3n) is 2.05. The molecule has 6 heteroatoms. The molecule has 0 radical (unpaired) electrons. The van der Waals surface area contributed by atoms with E-state index in [-0.39, 0.29) is 11.3 Å². The Labute approximate surface area is 99.7 Å². The van der Waals surface area contributed by atoms with Gasteiger partial charge in [-0.3, -0.25) is 0 Å². The van der Waals surface area contributed by atoms with E-state index in [4.69, 9.17) is 4.74 Å². The number of nitrogens with zero attached hydrogens (tertiary/aromatic N) is 1. The van der Waals surface area contributed by atoms with Gasteiger partial charge in [0.2, 0.25) is 0 Å². The lowest BCUT2D eigenvalue weighted by molar-refractivity contribution is 0.0459.